The van der Waals surface area contributed by atoms with E-state index in [0.717, 1.165) is 11.1 Å². The number of hydrogen-bond donors (Lipinski definition) is 1. The van der Waals surface area contributed by atoms with Crippen LogP contribution in [0.15, 0.2) is 71.5 Å². The number of amides is 1. The van der Waals surface area contributed by atoms with Crippen LogP contribution in [0.2, 0.25) is 0 Å². The van der Waals surface area contributed by atoms with E-state index in [2.05, 4.69) is 5.32 Å². The van der Waals surface area contributed by atoms with Crippen LogP contribution in [-0.4, -0.2) is 36.8 Å². The van der Waals surface area contributed by atoms with Gasteiger partial charge in [-0.3, -0.25) is 9.59 Å². The first kappa shape index (κ1) is 26.5. The van der Waals surface area contributed by atoms with Crippen LogP contribution in [-0.2, 0) is 16.6 Å². The Hall–Kier alpha value is -4.59. The molecular weight excluding hydrogens is 484 g/mol. The second-order valence-electron chi connectivity index (χ2n) is 8.86. The Bertz CT molecular complexity index is 1560. The molecule has 4 rings (SSSR count). The number of anilines is 1. The molecule has 0 aliphatic rings. The number of methoxy groups -OCH3 is 2. The molecule has 0 spiro atoms. The Kier molecular flexibility index (Phi) is 7.81. The van der Waals surface area contributed by atoms with E-state index >= 15 is 0 Å². The number of aryl methyl sites for hydroxylation is 1. The lowest BCUT2D eigenvalue weighted by Gasteiger charge is -2.21. The zero-order valence-electron chi connectivity index (χ0n) is 22.0. The summed E-state index contributed by atoms with van der Waals surface area (Å²) in [5.41, 5.74) is 2.54. The number of rotatable bonds is 8. The number of nitrogens with zero attached hydrogens (tertiary/aromatic N) is 1. The number of nitrogens with one attached hydrogen (secondary N) is 1. The average molecular weight is 515 g/mol. The van der Waals surface area contributed by atoms with Gasteiger partial charge in [0, 0.05) is 24.1 Å². The van der Waals surface area contributed by atoms with Crippen LogP contribution in [0.4, 0.5) is 5.69 Å². The van der Waals surface area contributed by atoms with Gasteiger partial charge in [-0.25, -0.2) is 4.79 Å². The highest BCUT2D eigenvalue weighted by Crippen LogP contribution is 2.32. The minimum atomic E-state index is -1.11. The molecule has 4 aromatic rings. The van der Waals surface area contributed by atoms with Crippen molar-refractivity contribution in [1.82, 2.24) is 4.57 Å². The lowest BCUT2D eigenvalue weighted by Crippen LogP contribution is -2.34. The van der Waals surface area contributed by atoms with Crippen LogP contribution < -0.4 is 20.3 Å². The number of hydrogen-bond acceptors (Lipinski definition) is 6. The average Bonchev–Trinajstić information content (AvgIpc) is 2.94. The number of fused-ring (bicyclic) bond motifs is 1. The minimum absolute atomic E-state index is 0.0748. The van der Waals surface area contributed by atoms with Gasteiger partial charge < -0.3 is 24.1 Å². The molecule has 8 heteroatoms. The molecule has 1 unspecified atom stereocenters. The summed E-state index contributed by atoms with van der Waals surface area (Å²) in [6.45, 7) is 3.71. The fourth-order valence-corrected chi connectivity index (χ4v) is 4.34. The van der Waals surface area contributed by atoms with Crippen LogP contribution >= 0.6 is 0 Å². The number of carbonyl (C=O) groups is 2. The maximum absolute atomic E-state index is 13.7. The zero-order valence-corrected chi connectivity index (χ0v) is 22.0. The predicted molar refractivity (Wildman–Crippen MR) is 147 cm³/mol. The Morgan fingerprint density at radius 2 is 1.63 bits per heavy atom. The summed E-state index contributed by atoms with van der Waals surface area (Å²) >= 11 is 0. The smallest absolute Gasteiger partial charge is 0.356 e. The molecule has 0 bridgehead atoms. The van der Waals surface area contributed by atoms with Crippen LogP contribution in [0.5, 0.6) is 11.5 Å². The maximum atomic E-state index is 13.7. The first-order valence-corrected chi connectivity index (χ1v) is 12.2. The number of ether oxygens (including phenoxy) is 3. The molecule has 1 atom stereocenters. The monoisotopic (exact) mass is 514 g/mol. The topological polar surface area (TPSA) is 95.9 Å². The van der Waals surface area contributed by atoms with E-state index in [1.54, 1.807) is 37.3 Å². The summed E-state index contributed by atoms with van der Waals surface area (Å²) in [5, 5.41) is 3.88. The molecule has 196 valence electrons. The van der Waals surface area contributed by atoms with Crippen molar-refractivity contribution < 1.29 is 23.8 Å². The lowest BCUT2D eigenvalue weighted by atomic mass is 9.96. The molecule has 1 heterocycles. The maximum Gasteiger partial charge on any atom is 0.356 e. The van der Waals surface area contributed by atoms with Crippen molar-refractivity contribution in [3.8, 4) is 22.6 Å². The fourth-order valence-electron chi connectivity index (χ4n) is 4.34. The van der Waals surface area contributed by atoms with Gasteiger partial charge in [-0.1, -0.05) is 55.0 Å². The van der Waals surface area contributed by atoms with Crippen molar-refractivity contribution in [1.29, 1.82) is 0 Å². The second-order valence-corrected chi connectivity index (χ2v) is 8.86. The van der Waals surface area contributed by atoms with Crippen LogP contribution in [0.1, 0.15) is 29.4 Å². The molecule has 0 fully saturated rings. The van der Waals surface area contributed by atoms with Crippen molar-refractivity contribution >= 4 is 28.3 Å². The highest BCUT2D eigenvalue weighted by molar-refractivity contribution is 6.07. The molecule has 0 saturated carbocycles. The van der Waals surface area contributed by atoms with Gasteiger partial charge in [-0.15, -0.1) is 0 Å². The van der Waals surface area contributed by atoms with E-state index in [0.29, 0.717) is 33.5 Å². The van der Waals surface area contributed by atoms with E-state index in [4.69, 9.17) is 14.2 Å². The largest absolute Gasteiger partial charge is 0.497 e. The van der Waals surface area contributed by atoms with Gasteiger partial charge in [0.05, 0.1) is 19.9 Å². The van der Waals surface area contributed by atoms with Crippen molar-refractivity contribution in [3.05, 3.63) is 88.3 Å². The Morgan fingerprint density at radius 1 is 0.947 bits per heavy atom. The van der Waals surface area contributed by atoms with Crippen LogP contribution in [0.3, 0.4) is 0 Å². The Labute approximate surface area is 220 Å². The first-order chi connectivity index (χ1) is 18.3. The van der Waals surface area contributed by atoms with Gasteiger partial charge in [0.2, 0.25) is 0 Å². The summed E-state index contributed by atoms with van der Waals surface area (Å²) in [6.07, 6.45) is -0.890. The van der Waals surface area contributed by atoms with E-state index in [1.165, 1.54) is 25.8 Å². The molecule has 8 nitrogen and oxygen atoms in total. The molecule has 3 aromatic carbocycles. The third-order valence-electron chi connectivity index (χ3n) is 6.42. The first-order valence-electron chi connectivity index (χ1n) is 12.2. The normalized spacial score (nSPS) is 11.6. The number of aromatic nitrogens is 1. The molecule has 1 amide bonds. The summed E-state index contributed by atoms with van der Waals surface area (Å²) in [5.74, 6) is -0.321. The third-order valence-corrected chi connectivity index (χ3v) is 6.42. The molecule has 0 saturated heterocycles. The third kappa shape index (κ3) is 5.11. The van der Waals surface area contributed by atoms with Crippen LogP contribution in [0, 0.1) is 6.92 Å². The van der Waals surface area contributed by atoms with Crippen molar-refractivity contribution in [3.63, 3.8) is 0 Å². The molecule has 0 aliphatic heterocycles. The quantitative estimate of drug-likeness (QED) is 0.329. The Morgan fingerprint density at radius 3 is 2.26 bits per heavy atom. The van der Waals surface area contributed by atoms with Gasteiger partial charge >= 0.3 is 5.97 Å². The Balaban J connectivity index is 1.73. The standard InChI is InChI=1S/C30H30N2O6/c1-6-24(28(33)31-23-16-15-20(36-4)17-25(23)37-5)38-30(35)27-26(19-13-11-18(2)12-14-19)21-9-7-8-10-22(21)29(34)32(27)3/h7-17,24H,6H2,1-5H3,(H,31,33). The number of carbonyl (C=O) groups excluding carboxylic acids is 2. The molecule has 0 aliphatic carbocycles. The number of pyridine rings is 1. The highest BCUT2D eigenvalue weighted by atomic mass is 16.5. The van der Waals surface area contributed by atoms with E-state index in [1.807, 2.05) is 43.3 Å². The van der Waals surface area contributed by atoms with Gasteiger partial charge in [-0.2, -0.15) is 0 Å². The van der Waals surface area contributed by atoms with E-state index in [9.17, 15) is 14.4 Å². The lowest BCUT2D eigenvalue weighted by molar-refractivity contribution is -0.124. The molecule has 1 N–H and O–H groups in total. The van der Waals surface area contributed by atoms with Gasteiger partial charge in [0.15, 0.2) is 6.10 Å². The SMILES string of the molecule is CCC(OC(=O)c1c(-c2ccc(C)cc2)c2ccccc2c(=O)n1C)C(=O)Nc1ccc(OC)cc1OC. The van der Waals surface area contributed by atoms with Gasteiger partial charge in [0.25, 0.3) is 11.5 Å². The van der Waals surface area contributed by atoms with Gasteiger partial charge in [-0.05, 0) is 42.5 Å². The molecule has 0 radical (unpaired) electrons. The summed E-state index contributed by atoms with van der Waals surface area (Å²) in [7, 11) is 4.55. The summed E-state index contributed by atoms with van der Waals surface area (Å²) < 4.78 is 17.6. The van der Waals surface area contributed by atoms with Crippen LogP contribution in [0.25, 0.3) is 21.9 Å². The molecule has 1 aromatic heterocycles. The van der Waals surface area contributed by atoms with Gasteiger partial charge in [0.1, 0.15) is 17.2 Å². The van der Waals surface area contributed by atoms with E-state index < -0.39 is 18.0 Å². The zero-order chi connectivity index (χ0) is 27.4. The van der Waals surface area contributed by atoms with Crippen molar-refractivity contribution in [2.24, 2.45) is 7.05 Å². The fraction of sp³-hybridized carbons (Fsp3) is 0.233. The number of esters is 1. The van der Waals surface area contributed by atoms with Crippen molar-refractivity contribution in [2.45, 2.75) is 26.4 Å². The predicted octanol–water partition coefficient (Wildman–Crippen LogP) is 5.11. The minimum Gasteiger partial charge on any atom is -0.497 e. The second kappa shape index (κ2) is 11.2. The number of benzene rings is 3. The summed E-state index contributed by atoms with van der Waals surface area (Å²) in [6, 6.07) is 19.8. The van der Waals surface area contributed by atoms with Crippen molar-refractivity contribution in [2.75, 3.05) is 19.5 Å². The highest BCUT2D eigenvalue weighted by Gasteiger charge is 2.28. The summed E-state index contributed by atoms with van der Waals surface area (Å²) in [4.78, 5) is 40.0. The molecule has 38 heavy (non-hydrogen) atoms. The molecular formula is C30H30N2O6. The van der Waals surface area contributed by atoms with E-state index in [-0.39, 0.29) is 17.7 Å².